The predicted molar refractivity (Wildman–Crippen MR) is 105 cm³/mol. The van der Waals surface area contributed by atoms with Crippen molar-refractivity contribution in [2.75, 3.05) is 36.0 Å². The first-order valence-electron chi connectivity index (χ1n) is 9.18. The minimum Gasteiger partial charge on any atom is -0.366 e. The van der Waals surface area contributed by atoms with Gasteiger partial charge in [0.2, 0.25) is 0 Å². The molecule has 0 atom stereocenters. The molecule has 1 saturated heterocycles. The standard InChI is InChI=1S/C20H21FN6O/c1-14-7-8-27(24-14)20-6-5-19(22-23-20)26-11-9-25(10-12-26)18-4-3-16(15(2)28)13-17(18)21/h3-8,13H,9-12H2,1-2H3. The van der Waals surface area contributed by atoms with E-state index in [1.165, 1.54) is 13.0 Å². The van der Waals surface area contributed by atoms with Crippen LogP contribution in [-0.2, 0) is 0 Å². The van der Waals surface area contributed by atoms with Gasteiger partial charge in [0.15, 0.2) is 17.4 Å². The summed E-state index contributed by atoms with van der Waals surface area (Å²) in [4.78, 5) is 15.5. The van der Waals surface area contributed by atoms with E-state index in [0.717, 1.165) is 11.5 Å². The first kappa shape index (κ1) is 18.1. The largest absolute Gasteiger partial charge is 0.366 e. The van der Waals surface area contributed by atoms with E-state index in [-0.39, 0.29) is 11.6 Å². The van der Waals surface area contributed by atoms with E-state index < -0.39 is 0 Å². The van der Waals surface area contributed by atoms with Crippen LogP contribution in [0.2, 0.25) is 0 Å². The molecule has 3 aromatic rings. The number of anilines is 2. The van der Waals surface area contributed by atoms with Crippen LogP contribution in [0.4, 0.5) is 15.9 Å². The summed E-state index contributed by atoms with van der Waals surface area (Å²) in [5.41, 5.74) is 1.84. The van der Waals surface area contributed by atoms with Crippen molar-refractivity contribution in [3.8, 4) is 5.82 Å². The monoisotopic (exact) mass is 380 g/mol. The van der Waals surface area contributed by atoms with E-state index in [2.05, 4.69) is 20.2 Å². The van der Waals surface area contributed by atoms with Crippen LogP contribution in [-0.4, -0.2) is 51.9 Å². The van der Waals surface area contributed by atoms with Gasteiger partial charge < -0.3 is 9.80 Å². The molecule has 0 saturated carbocycles. The Kier molecular flexibility index (Phi) is 4.77. The van der Waals surface area contributed by atoms with Crippen LogP contribution in [0.1, 0.15) is 23.0 Å². The van der Waals surface area contributed by atoms with Gasteiger partial charge in [-0.15, -0.1) is 10.2 Å². The number of aryl methyl sites for hydroxylation is 1. The topological polar surface area (TPSA) is 67.2 Å². The van der Waals surface area contributed by atoms with Gasteiger partial charge in [-0.2, -0.15) is 5.10 Å². The summed E-state index contributed by atoms with van der Waals surface area (Å²) in [5.74, 6) is 0.963. The highest BCUT2D eigenvalue weighted by molar-refractivity contribution is 5.94. The summed E-state index contributed by atoms with van der Waals surface area (Å²) in [6.07, 6.45) is 1.85. The molecule has 144 valence electrons. The smallest absolute Gasteiger partial charge is 0.175 e. The Labute approximate surface area is 162 Å². The fraction of sp³-hybridized carbons (Fsp3) is 0.300. The maximum Gasteiger partial charge on any atom is 0.175 e. The van der Waals surface area contributed by atoms with Crippen molar-refractivity contribution in [3.05, 3.63) is 59.7 Å². The third kappa shape index (κ3) is 3.58. The number of halogens is 1. The lowest BCUT2D eigenvalue weighted by Gasteiger charge is -2.36. The first-order valence-corrected chi connectivity index (χ1v) is 9.18. The molecule has 1 fully saturated rings. The predicted octanol–water partition coefficient (Wildman–Crippen LogP) is 2.64. The van der Waals surface area contributed by atoms with Crippen LogP contribution in [0.5, 0.6) is 0 Å². The average Bonchev–Trinajstić information content (AvgIpc) is 3.14. The van der Waals surface area contributed by atoms with Gasteiger partial charge in [0, 0.05) is 37.9 Å². The Hall–Kier alpha value is -3.29. The molecule has 1 aliphatic heterocycles. The summed E-state index contributed by atoms with van der Waals surface area (Å²) in [7, 11) is 0. The van der Waals surface area contributed by atoms with Crippen molar-refractivity contribution in [2.24, 2.45) is 0 Å². The highest BCUT2D eigenvalue weighted by Gasteiger charge is 2.21. The molecule has 3 heterocycles. The molecule has 0 spiro atoms. The molecule has 28 heavy (non-hydrogen) atoms. The second-order valence-electron chi connectivity index (χ2n) is 6.85. The van der Waals surface area contributed by atoms with E-state index in [9.17, 15) is 9.18 Å². The van der Waals surface area contributed by atoms with E-state index in [1.54, 1.807) is 16.8 Å². The zero-order chi connectivity index (χ0) is 19.7. The van der Waals surface area contributed by atoms with Crippen LogP contribution >= 0.6 is 0 Å². The molecule has 0 aliphatic carbocycles. The van der Waals surface area contributed by atoms with Gasteiger partial charge in [-0.05, 0) is 50.2 Å². The van der Waals surface area contributed by atoms with Gasteiger partial charge in [0.05, 0.1) is 11.4 Å². The lowest BCUT2D eigenvalue weighted by atomic mass is 10.1. The summed E-state index contributed by atoms with van der Waals surface area (Å²) < 4.78 is 16.1. The molecule has 0 bridgehead atoms. The van der Waals surface area contributed by atoms with E-state index in [4.69, 9.17) is 0 Å². The Bertz CT molecular complexity index is 992. The number of hydrogen-bond acceptors (Lipinski definition) is 6. The van der Waals surface area contributed by atoms with Crippen LogP contribution in [0.25, 0.3) is 5.82 Å². The fourth-order valence-corrected chi connectivity index (χ4v) is 3.31. The molecule has 1 aromatic carbocycles. The molecule has 0 amide bonds. The molecule has 7 nitrogen and oxygen atoms in total. The number of aromatic nitrogens is 4. The zero-order valence-electron chi connectivity index (χ0n) is 15.8. The Balaban J connectivity index is 1.42. The summed E-state index contributed by atoms with van der Waals surface area (Å²) in [6, 6.07) is 10.4. The summed E-state index contributed by atoms with van der Waals surface area (Å²) in [5, 5.41) is 12.9. The normalized spacial score (nSPS) is 14.4. The van der Waals surface area contributed by atoms with Gasteiger partial charge in [-0.25, -0.2) is 9.07 Å². The molecule has 1 aliphatic rings. The van der Waals surface area contributed by atoms with Crippen molar-refractivity contribution in [1.82, 2.24) is 20.0 Å². The molecule has 4 rings (SSSR count). The number of Topliss-reactive ketones (excluding diaryl/α,β-unsaturated/α-hetero) is 1. The first-order chi connectivity index (χ1) is 13.5. The van der Waals surface area contributed by atoms with E-state index >= 15 is 0 Å². The maximum absolute atomic E-state index is 14.4. The van der Waals surface area contributed by atoms with Crippen molar-refractivity contribution in [3.63, 3.8) is 0 Å². The van der Waals surface area contributed by atoms with Crippen molar-refractivity contribution < 1.29 is 9.18 Å². The molecule has 0 N–H and O–H groups in total. The van der Waals surface area contributed by atoms with Crippen LogP contribution < -0.4 is 9.80 Å². The van der Waals surface area contributed by atoms with Crippen LogP contribution in [0.3, 0.4) is 0 Å². The number of piperazine rings is 1. The van der Waals surface area contributed by atoms with Gasteiger partial charge in [-0.3, -0.25) is 4.79 Å². The van der Waals surface area contributed by atoms with Crippen LogP contribution in [0, 0.1) is 12.7 Å². The number of benzene rings is 1. The second kappa shape index (κ2) is 7.38. The number of nitrogens with zero attached hydrogens (tertiary/aromatic N) is 6. The minimum atomic E-state index is -0.361. The number of hydrogen-bond donors (Lipinski definition) is 0. The highest BCUT2D eigenvalue weighted by Crippen LogP contribution is 2.23. The van der Waals surface area contributed by atoms with Gasteiger partial charge in [0.25, 0.3) is 0 Å². The van der Waals surface area contributed by atoms with Gasteiger partial charge in [0.1, 0.15) is 5.82 Å². The van der Waals surface area contributed by atoms with E-state index in [0.29, 0.717) is 43.2 Å². The number of carbonyl (C=O) groups is 1. The summed E-state index contributed by atoms with van der Waals surface area (Å²) in [6.45, 7) is 6.11. The third-order valence-electron chi connectivity index (χ3n) is 4.89. The lowest BCUT2D eigenvalue weighted by Crippen LogP contribution is -2.47. The third-order valence-corrected chi connectivity index (χ3v) is 4.89. The minimum absolute atomic E-state index is 0.137. The summed E-state index contributed by atoms with van der Waals surface area (Å²) >= 11 is 0. The molecule has 2 aromatic heterocycles. The molecular weight excluding hydrogens is 359 g/mol. The van der Waals surface area contributed by atoms with Crippen molar-refractivity contribution in [1.29, 1.82) is 0 Å². The van der Waals surface area contributed by atoms with Crippen molar-refractivity contribution >= 4 is 17.3 Å². The highest BCUT2D eigenvalue weighted by atomic mass is 19.1. The molecule has 8 heteroatoms. The average molecular weight is 380 g/mol. The second-order valence-corrected chi connectivity index (χ2v) is 6.85. The van der Waals surface area contributed by atoms with Gasteiger partial charge in [-0.1, -0.05) is 0 Å². The lowest BCUT2D eigenvalue weighted by molar-refractivity contribution is 0.101. The number of carbonyl (C=O) groups excluding carboxylic acids is 1. The fourth-order valence-electron chi connectivity index (χ4n) is 3.31. The van der Waals surface area contributed by atoms with Gasteiger partial charge >= 0.3 is 0 Å². The number of rotatable bonds is 4. The Morgan fingerprint density at radius 1 is 0.964 bits per heavy atom. The molecule has 0 unspecified atom stereocenters. The van der Waals surface area contributed by atoms with Crippen LogP contribution in [0.15, 0.2) is 42.6 Å². The molecule has 0 radical (unpaired) electrons. The van der Waals surface area contributed by atoms with E-state index in [1.807, 2.05) is 36.2 Å². The quantitative estimate of drug-likeness (QED) is 0.649. The molecular formula is C20H21FN6O. The van der Waals surface area contributed by atoms with Crippen molar-refractivity contribution in [2.45, 2.75) is 13.8 Å². The number of ketones is 1. The Morgan fingerprint density at radius 2 is 1.64 bits per heavy atom. The Morgan fingerprint density at radius 3 is 2.21 bits per heavy atom. The zero-order valence-corrected chi connectivity index (χ0v) is 15.8. The SMILES string of the molecule is CC(=O)c1ccc(N2CCN(c3ccc(-n4ccc(C)n4)nn3)CC2)c(F)c1. The maximum atomic E-state index is 14.4.